The Kier molecular flexibility index (Phi) is 5.08. The second-order valence-corrected chi connectivity index (χ2v) is 6.71. The third-order valence-electron chi connectivity index (χ3n) is 3.89. The first-order chi connectivity index (χ1) is 9.90. The molecule has 0 aromatic carbocycles. The average Bonchev–Trinajstić information content (AvgIpc) is 2.80. The predicted octanol–water partition coefficient (Wildman–Crippen LogP) is 3.30. The first-order valence-corrected chi connectivity index (χ1v) is 8.09. The Hall–Kier alpha value is -1.30. The normalized spacial score (nSPS) is 19.0. The van der Waals surface area contributed by atoms with Gasteiger partial charge in [-0.25, -0.2) is 0 Å². The lowest BCUT2D eigenvalue weighted by Crippen LogP contribution is -2.45. The maximum atomic E-state index is 12.8. The van der Waals surface area contributed by atoms with Crippen molar-refractivity contribution in [3.05, 3.63) is 22.4 Å². The summed E-state index contributed by atoms with van der Waals surface area (Å²) in [4.78, 5) is 25.6. The SMILES string of the molecule is CC(C)n1cc(Br)cc1C(=O)N1CCCCC1CC(=O)O. The maximum absolute atomic E-state index is 12.8. The molecule has 1 atom stereocenters. The molecule has 0 aliphatic carbocycles. The van der Waals surface area contributed by atoms with Crippen LogP contribution in [-0.4, -0.2) is 39.0 Å². The first kappa shape index (κ1) is 16.1. The number of likely N-dealkylation sites (tertiary alicyclic amines) is 1. The summed E-state index contributed by atoms with van der Waals surface area (Å²) < 4.78 is 2.80. The Morgan fingerprint density at radius 1 is 1.43 bits per heavy atom. The van der Waals surface area contributed by atoms with Crippen molar-refractivity contribution in [3.8, 4) is 0 Å². The molecular weight excluding hydrogens is 336 g/mol. The Balaban J connectivity index is 2.26. The van der Waals surface area contributed by atoms with Crippen LogP contribution in [0.1, 0.15) is 56.1 Å². The van der Waals surface area contributed by atoms with Crippen LogP contribution in [0.3, 0.4) is 0 Å². The number of aromatic nitrogens is 1. The van der Waals surface area contributed by atoms with E-state index in [1.165, 1.54) is 0 Å². The Morgan fingerprint density at radius 3 is 2.76 bits per heavy atom. The molecule has 5 nitrogen and oxygen atoms in total. The maximum Gasteiger partial charge on any atom is 0.305 e. The van der Waals surface area contributed by atoms with E-state index in [9.17, 15) is 9.59 Å². The van der Waals surface area contributed by atoms with E-state index < -0.39 is 5.97 Å². The minimum absolute atomic E-state index is 0.0231. The van der Waals surface area contributed by atoms with Crippen LogP contribution in [0.2, 0.25) is 0 Å². The molecule has 0 saturated carbocycles. The van der Waals surface area contributed by atoms with E-state index in [0.29, 0.717) is 12.2 Å². The van der Waals surface area contributed by atoms with Crippen molar-refractivity contribution >= 4 is 27.8 Å². The summed E-state index contributed by atoms with van der Waals surface area (Å²) in [6.07, 6.45) is 4.60. The van der Waals surface area contributed by atoms with Gasteiger partial charge in [0.25, 0.3) is 5.91 Å². The van der Waals surface area contributed by atoms with Gasteiger partial charge in [0.1, 0.15) is 5.69 Å². The van der Waals surface area contributed by atoms with Gasteiger partial charge in [-0.3, -0.25) is 9.59 Å². The van der Waals surface area contributed by atoms with Crippen LogP contribution >= 0.6 is 15.9 Å². The molecule has 1 unspecified atom stereocenters. The number of nitrogens with zero attached hydrogens (tertiary/aromatic N) is 2. The molecular formula is C15H21BrN2O3. The third-order valence-corrected chi connectivity index (χ3v) is 4.32. The van der Waals surface area contributed by atoms with Gasteiger partial charge in [-0.2, -0.15) is 0 Å². The number of carbonyl (C=O) groups is 2. The number of amides is 1. The van der Waals surface area contributed by atoms with Gasteiger partial charge in [0.15, 0.2) is 0 Å². The zero-order chi connectivity index (χ0) is 15.6. The van der Waals surface area contributed by atoms with Crippen LogP contribution in [0.4, 0.5) is 0 Å². The zero-order valence-corrected chi connectivity index (χ0v) is 14.0. The van der Waals surface area contributed by atoms with Gasteiger partial charge in [-0.1, -0.05) is 0 Å². The lowest BCUT2D eigenvalue weighted by atomic mass is 9.99. The lowest BCUT2D eigenvalue weighted by Gasteiger charge is -2.35. The third kappa shape index (κ3) is 3.67. The standard InChI is InChI=1S/C15H21BrN2O3/c1-10(2)18-9-11(16)7-13(18)15(21)17-6-4-3-5-12(17)8-14(19)20/h7,9-10,12H,3-6,8H2,1-2H3,(H,19,20). The second-order valence-electron chi connectivity index (χ2n) is 5.79. The number of hydrogen-bond acceptors (Lipinski definition) is 2. The van der Waals surface area contributed by atoms with Crippen LogP contribution in [0.25, 0.3) is 0 Å². The van der Waals surface area contributed by atoms with E-state index in [1.54, 1.807) is 4.90 Å². The minimum Gasteiger partial charge on any atom is -0.481 e. The second kappa shape index (κ2) is 6.64. The Bertz CT molecular complexity index is 539. The number of hydrogen-bond donors (Lipinski definition) is 1. The summed E-state index contributed by atoms with van der Waals surface area (Å²) in [5.74, 6) is -0.916. The average molecular weight is 357 g/mol. The number of piperidine rings is 1. The van der Waals surface area contributed by atoms with Crippen molar-refractivity contribution in [1.29, 1.82) is 0 Å². The summed E-state index contributed by atoms with van der Waals surface area (Å²) in [6, 6.07) is 1.80. The molecule has 1 aliphatic heterocycles. The molecule has 116 valence electrons. The van der Waals surface area contributed by atoms with E-state index in [1.807, 2.05) is 30.7 Å². The zero-order valence-electron chi connectivity index (χ0n) is 12.4. The molecule has 0 bridgehead atoms. The number of halogens is 1. The fourth-order valence-corrected chi connectivity index (χ4v) is 3.31. The lowest BCUT2D eigenvalue weighted by molar-refractivity contribution is -0.138. The number of carboxylic acids is 1. The Morgan fingerprint density at radius 2 is 2.14 bits per heavy atom. The van der Waals surface area contributed by atoms with Crippen molar-refractivity contribution in [1.82, 2.24) is 9.47 Å². The van der Waals surface area contributed by atoms with E-state index >= 15 is 0 Å². The molecule has 1 aromatic rings. The summed E-state index contributed by atoms with van der Waals surface area (Å²) in [6.45, 7) is 4.68. The smallest absolute Gasteiger partial charge is 0.305 e. The number of carboxylic acid groups (broad SMARTS) is 1. The summed E-state index contributed by atoms with van der Waals surface area (Å²) >= 11 is 3.41. The van der Waals surface area contributed by atoms with Crippen molar-refractivity contribution in [3.63, 3.8) is 0 Å². The highest BCUT2D eigenvalue weighted by Crippen LogP contribution is 2.25. The number of rotatable bonds is 4. The quantitative estimate of drug-likeness (QED) is 0.899. The van der Waals surface area contributed by atoms with Crippen LogP contribution in [0.15, 0.2) is 16.7 Å². The molecule has 21 heavy (non-hydrogen) atoms. The van der Waals surface area contributed by atoms with E-state index in [0.717, 1.165) is 23.7 Å². The van der Waals surface area contributed by atoms with Gasteiger partial charge >= 0.3 is 5.97 Å². The molecule has 0 radical (unpaired) electrons. The molecule has 1 fully saturated rings. The molecule has 6 heteroatoms. The van der Waals surface area contributed by atoms with Crippen LogP contribution in [0, 0.1) is 0 Å². The van der Waals surface area contributed by atoms with Crippen molar-refractivity contribution in [2.45, 2.75) is 51.6 Å². The minimum atomic E-state index is -0.847. The molecule has 0 spiro atoms. The molecule has 1 N–H and O–H groups in total. The first-order valence-electron chi connectivity index (χ1n) is 7.30. The predicted molar refractivity (Wildman–Crippen MR) is 83.4 cm³/mol. The van der Waals surface area contributed by atoms with Gasteiger partial charge in [-0.15, -0.1) is 0 Å². The largest absolute Gasteiger partial charge is 0.481 e. The number of aliphatic carboxylic acids is 1. The molecule has 2 rings (SSSR count). The molecule has 1 aromatic heterocycles. The van der Waals surface area contributed by atoms with Crippen molar-refractivity contribution < 1.29 is 14.7 Å². The van der Waals surface area contributed by atoms with Gasteiger partial charge in [-0.05, 0) is 55.1 Å². The van der Waals surface area contributed by atoms with E-state index in [-0.39, 0.29) is 24.4 Å². The monoisotopic (exact) mass is 356 g/mol. The fraction of sp³-hybridized carbons (Fsp3) is 0.600. The van der Waals surface area contributed by atoms with Crippen molar-refractivity contribution in [2.75, 3.05) is 6.54 Å². The molecule has 1 saturated heterocycles. The highest BCUT2D eigenvalue weighted by atomic mass is 79.9. The van der Waals surface area contributed by atoms with Gasteiger partial charge in [0.05, 0.1) is 6.42 Å². The summed E-state index contributed by atoms with van der Waals surface area (Å²) in [5, 5.41) is 9.03. The van der Waals surface area contributed by atoms with E-state index in [2.05, 4.69) is 15.9 Å². The highest BCUT2D eigenvalue weighted by Gasteiger charge is 2.30. The molecule has 2 heterocycles. The molecule has 1 amide bonds. The van der Waals surface area contributed by atoms with Gasteiger partial charge < -0.3 is 14.6 Å². The van der Waals surface area contributed by atoms with Crippen molar-refractivity contribution in [2.24, 2.45) is 0 Å². The van der Waals surface area contributed by atoms with Crippen LogP contribution < -0.4 is 0 Å². The van der Waals surface area contributed by atoms with E-state index in [4.69, 9.17) is 5.11 Å². The van der Waals surface area contributed by atoms with Crippen LogP contribution in [0.5, 0.6) is 0 Å². The fourth-order valence-electron chi connectivity index (χ4n) is 2.87. The highest BCUT2D eigenvalue weighted by molar-refractivity contribution is 9.10. The molecule has 1 aliphatic rings. The summed E-state index contributed by atoms with van der Waals surface area (Å²) in [5.41, 5.74) is 0.620. The topological polar surface area (TPSA) is 62.5 Å². The Labute approximate surface area is 133 Å². The number of carbonyl (C=O) groups excluding carboxylic acids is 1. The van der Waals surface area contributed by atoms with Gasteiger partial charge in [0, 0.05) is 29.3 Å². The van der Waals surface area contributed by atoms with Crippen LogP contribution in [-0.2, 0) is 4.79 Å². The summed E-state index contributed by atoms with van der Waals surface area (Å²) in [7, 11) is 0. The van der Waals surface area contributed by atoms with Gasteiger partial charge in [0.2, 0.25) is 0 Å².